The molecule has 0 aromatic heterocycles. The molecule has 0 aromatic carbocycles. The molecule has 0 bridgehead atoms. The van der Waals surface area contributed by atoms with E-state index in [9.17, 15) is 14.7 Å². The number of urea groups is 1. The van der Waals surface area contributed by atoms with Gasteiger partial charge < -0.3 is 14.9 Å². The van der Waals surface area contributed by atoms with Crippen LogP contribution in [0.2, 0.25) is 0 Å². The second-order valence-corrected chi connectivity index (χ2v) is 4.72. The van der Waals surface area contributed by atoms with Gasteiger partial charge in [-0.3, -0.25) is 0 Å². The number of nitrogens with zero attached hydrogens (tertiary/aromatic N) is 3. The van der Waals surface area contributed by atoms with Gasteiger partial charge in [-0.15, -0.1) is 0 Å². The zero-order valence-corrected chi connectivity index (χ0v) is 11.6. The molecule has 1 N–H and O–H groups in total. The number of amides is 2. The summed E-state index contributed by atoms with van der Waals surface area (Å²) >= 11 is 0. The van der Waals surface area contributed by atoms with Crippen molar-refractivity contribution < 1.29 is 14.7 Å². The molecule has 106 valence electrons. The number of carboxylic acid groups (broad SMARTS) is 1. The Kier molecular flexibility index (Phi) is 5.16. The first-order valence-electron chi connectivity index (χ1n) is 6.70. The van der Waals surface area contributed by atoms with Crippen LogP contribution >= 0.6 is 0 Å². The molecule has 0 radical (unpaired) electrons. The van der Waals surface area contributed by atoms with Crippen molar-refractivity contribution in [2.24, 2.45) is 0 Å². The number of aliphatic carboxylic acids is 1. The first-order valence-corrected chi connectivity index (χ1v) is 6.70. The fourth-order valence-corrected chi connectivity index (χ4v) is 2.64. The van der Waals surface area contributed by atoms with Crippen molar-refractivity contribution in [1.82, 2.24) is 9.80 Å². The van der Waals surface area contributed by atoms with E-state index in [1.54, 1.807) is 11.8 Å². The molecule has 1 aliphatic rings. The number of nitriles is 1. The van der Waals surface area contributed by atoms with Crippen LogP contribution in [-0.2, 0) is 4.79 Å². The summed E-state index contributed by atoms with van der Waals surface area (Å²) in [6, 6.07) is 1.74. The minimum absolute atomic E-state index is 0.264. The maximum absolute atomic E-state index is 12.4. The van der Waals surface area contributed by atoms with Crippen LogP contribution in [-0.4, -0.2) is 52.1 Å². The summed E-state index contributed by atoms with van der Waals surface area (Å²) in [6.45, 7) is 4.94. The highest BCUT2D eigenvalue weighted by Crippen LogP contribution is 2.33. The fourth-order valence-electron chi connectivity index (χ4n) is 2.64. The quantitative estimate of drug-likeness (QED) is 0.821. The van der Waals surface area contributed by atoms with Gasteiger partial charge in [0.15, 0.2) is 0 Å². The summed E-state index contributed by atoms with van der Waals surface area (Å²) in [4.78, 5) is 27.0. The van der Waals surface area contributed by atoms with E-state index >= 15 is 0 Å². The number of hydrogen-bond acceptors (Lipinski definition) is 3. The molecule has 1 unspecified atom stereocenters. The summed E-state index contributed by atoms with van der Waals surface area (Å²) in [5.74, 6) is -0.933. The first kappa shape index (κ1) is 15.3. The van der Waals surface area contributed by atoms with Crippen LogP contribution in [0.15, 0.2) is 0 Å². The Hall–Kier alpha value is -1.77. The van der Waals surface area contributed by atoms with Crippen molar-refractivity contribution in [2.75, 3.05) is 19.6 Å². The monoisotopic (exact) mass is 267 g/mol. The van der Waals surface area contributed by atoms with Crippen molar-refractivity contribution in [1.29, 1.82) is 5.26 Å². The lowest BCUT2D eigenvalue weighted by Gasteiger charge is -2.37. The molecule has 0 aliphatic carbocycles. The maximum atomic E-state index is 12.4. The van der Waals surface area contributed by atoms with Crippen LogP contribution in [0.1, 0.15) is 39.5 Å². The minimum Gasteiger partial charge on any atom is -0.479 e. The van der Waals surface area contributed by atoms with Crippen molar-refractivity contribution >= 4 is 12.0 Å². The van der Waals surface area contributed by atoms with Gasteiger partial charge in [-0.05, 0) is 26.2 Å². The third-order valence-electron chi connectivity index (χ3n) is 3.85. The van der Waals surface area contributed by atoms with Crippen molar-refractivity contribution in [3.05, 3.63) is 0 Å². The number of hydrogen-bond donors (Lipinski definition) is 1. The second-order valence-electron chi connectivity index (χ2n) is 4.72. The third kappa shape index (κ3) is 2.80. The van der Waals surface area contributed by atoms with Gasteiger partial charge in [-0.1, -0.05) is 6.92 Å². The molecule has 6 nitrogen and oxygen atoms in total. The zero-order valence-electron chi connectivity index (χ0n) is 11.6. The highest BCUT2D eigenvalue weighted by Gasteiger charge is 2.49. The van der Waals surface area contributed by atoms with E-state index in [2.05, 4.69) is 0 Å². The molecule has 0 aromatic rings. The standard InChI is InChI=1S/C13H21N3O3/c1-3-13(11(17)18)7-5-10-16(13)12(19)15(4-2)9-6-8-14/h3-7,9-10H2,1-2H3,(H,17,18). The molecule has 1 heterocycles. The highest BCUT2D eigenvalue weighted by molar-refractivity contribution is 5.87. The number of rotatable bonds is 5. The minimum atomic E-state index is -1.07. The largest absolute Gasteiger partial charge is 0.479 e. The SMILES string of the molecule is CCN(CCC#N)C(=O)N1CCCC1(CC)C(=O)O. The number of likely N-dealkylation sites (tertiary alicyclic amines) is 1. The van der Waals surface area contributed by atoms with Gasteiger partial charge in [0, 0.05) is 19.6 Å². The predicted molar refractivity (Wildman–Crippen MR) is 69.5 cm³/mol. The summed E-state index contributed by atoms with van der Waals surface area (Å²) in [5, 5.41) is 18.0. The Morgan fingerprint density at radius 1 is 1.47 bits per heavy atom. The van der Waals surface area contributed by atoms with Crippen LogP contribution in [0.25, 0.3) is 0 Å². The van der Waals surface area contributed by atoms with Crippen LogP contribution in [0.5, 0.6) is 0 Å². The molecule has 6 heteroatoms. The molecular weight excluding hydrogens is 246 g/mol. The van der Waals surface area contributed by atoms with Gasteiger partial charge in [0.1, 0.15) is 5.54 Å². The summed E-state index contributed by atoms with van der Waals surface area (Å²) < 4.78 is 0. The van der Waals surface area contributed by atoms with E-state index in [1.807, 2.05) is 13.0 Å². The molecule has 1 atom stereocenters. The van der Waals surface area contributed by atoms with Gasteiger partial charge in [0.2, 0.25) is 0 Å². The number of carbonyl (C=O) groups is 2. The van der Waals surface area contributed by atoms with E-state index in [0.717, 1.165) is 0 Å². The van der Waals surface area contributed by atoms with Crippen molar-refractivity contribution in [3.8, 4) is 6.07 Å². The highest BCUT2D eigenvalue weighted by atomic mass is 16.4. The normalized spacial score (nSPS) is 22.1. The Morgan fingerprint density at radius 3 is 2.63 bits per heavy atom. The Balaban J connectivity index is 2.90. The summed E-state index contributed by atoms with van der Waals surface area (Å²) in [5.41, 5.74) is -1.07. The molecule has 2 amide bonds. The fraction of sp³-hybridized carbons (Fsp3) is 0.769. The molecular formula is C13H21N3O3. The van der Waals surface area contributed by atoms with Gasteiger partial charge in [-0.25, -0.2) is 9.59 Å². The Labute approximate surface area is 113 Å². The number of carboxylic acids is 1. The zero-order chi connectivity index (χ0) is 14.5. The smallest absolute Gasteiger partial charge is 0.329 e. The van der Waals surface area contributed by atoms with Crippen LogP contribution in [0, 0.1) is 11.3 Å². The van der Waals surface area contributed by atoms with Gasteiger partial charge >= 0.3 is 12.0 Å². The number of carbonyl (C=O) groups excluding carboxylic acids is 1. The lowest BCUT2D eigenvalue weighted by Crippen LogP contribution is -2.56. The topological polar surface area (TPSA) is 84.6 Å². The predicted octanol–water partition coefficient (Wildman–Crippen LogP) is 1.67. The van der Waals surface area contributed by atoms with Crippen LogP contribution in [0.3, 0.4) is 0 Å². The van der Waals surface area contributed by atoms with Gasteiger partial charge in [-0.2, -0.15) is 5.26 Å². The van der Waals surface area contributed by atoms with Crippen molar-refractivity contribution in [2.45, 2.75) is 45.1 Å². The molecule has 19 heavy (non-hydrogen) atoms. The first-order chi connectivity index (χ1) is 9.03. The lowest BCUT2D eigenvalue weighted by molar-refractivity contribution is -0.148. The molecule has 1 aliphatic heterocycles. The van der Waals surface area contributed by atoms with E-state index in [0.29, 0.717) is 38.9 Å². The summed E-state index contributed by atoms with van der Waals surface area (Å²) in [7, 11) is 0. The van der Waals surface area contributed by atoms with Gasteiger partial charge in [0.25, 0.3) is 0 Å². The average Bonchev–Trinajstić information content (AvgIpc) is 2.84. The molecule has 1 rings (SSSR count). The van der Waals surface area contributed by atoms with E-state index in [4.69, 9.17) is 5.26 Å². The molecule has 0 saturated carbocycles. The average molecular weight is 267 g/mol. The van der Waals surface area contributed by atoms with E-state index < -0.39 is 11.5 Å². The second kappa shape index (κ2) is 6.41. The van der Waals surface area contributed by atoms with E-state index in [1.165, 1.54) is 4.90 Å². The van der Waals surface area contributed by atoms with Crippen LogP contribution in [0.4, 0.5) is 4.79 Å². The summed E-state index contributed by atoms with van der Waals surface area (Å²) in [6.07, 6.45) is 1.88. The Bertz CT molecular complexity index is 391. The third-order valence-corrected chi connectivity index (χ3v) is 3.85. The molecule has 1 fully saturated rings. The van der Waals surface area contributed by atoms with Gasteiger partial charge in [0.05, 0.1) is 12.5 Å². The van der Waals surface area contributed by atoms with Crippen LogP contribution < -0.4 is 0 Å². The maximum Gasteiger partial charge on any atom is 0.329 e. The molecule has 1 saturated heterocycles. The molecule has 0 spiro atoms. The van der Waals surface area contributed by atoms with E-state index in [-0.39, 0.29) is 12.5 Å². The Morgan fingerprint density at radius 2 is 2.16 bits per heavy atom. The lowest BCUT2D eigenvalue weighted by atomic mass is 9.93. The van der Waals surface area contributed by atoms with Crippen molar-refractivity contribution in [3.63, 3.8) is 0 Å².